The molecule has 1 aromatic rings. The van der Waals surface area contributed by atoms with Gasteiger partial charge in [0, 0.05) is 32.0 Å². The Hall–Kier alpha value is -2.93. The van der Waals surface area contributed by atoms with E-state index in [1.807, 2.05) is 0 Å². The van der Waals surface area contributed by atoms with Crippen LogP contribution in [-0.2, 0) is 9.59 Å². The molecule has 13 nitrogen and oxygen atoms in total. The van der Waals surface area contributed by atoms with Gasteiger partial charge in [0.2, 0.25) is 0 Å². The average Bonchev–Trinajstić information content (AvgIpc) is 3.31. The standard InChI is InChI=1S/C16H25N5O8/c1-8(23)12(14(26)27)18-16(28)17-10(2-3-11(24)25)13-19-15(20-29-13)21-5-4-9(6-21)7-22/h8-10,12,22-23H,2-7H2,1H3,(H,24,25)(H,26,27)(H2,17,18,28)/t8-,9+,10-,12-/m0/s1. The number of amides is 2. The van der Waals surface area contributed by atoms with Crippen LogP contribution >= 0.6 is 0 Å². The number of anilines is 1. The first kappa shape index (κ1) is 22.4. The van der Waals surface area contributed by atoms with Crippen LogP contribution in [0.2, 0.25) is 0 Å². The third kappa shape index (κ3) is 6.29. The molecular formula is C16H25N5O8. The zero-order valence-electron chi connectivity index (χ0n) is 15.8. The molecule has 0 radical (unpaired) electrons. The average molecular weight is 415 g/mol. The van der Waals surface area contributed by atoms with Gasteiger partial charge in [-0.25, -0.2) is 9.59 Å². The first-order valence-corrected chi connectivity index (χ1v) is 9.10. The third-order valence-corrected chi connectivity index (χ3v) is 4.54. The van der Waals surface area contributed by atoms with Gasteiger partial charge < -0.3 is 40.5 Å². The molecule has 2 rings (SSSR count). The third-order valence-electron chi connectivity index (χ3n) is 4.54. The normalized spacial score (nSPS) is 19.4. The molecule has 0 aromatic carbocycles. The second-order valence-electron chi connectivity index (χ2n) is 6.88. The van der Waals surface area contributed by atoms with Crippen molar-refractivity contribution in [2.75, 3.05) is 24.6 Å². The summed E-state index contributed by atoms with van der Waals surface area (Å²) >= 11 is 0. The summed E-state index contributed by atoms with van der Waals surface area (Å²) in [5, 5.41) is 45.0. The van der Waals surface area contributed by atoms with E-state index in [1.54, 1.807) is 4.90 Å². The smallest absolute Gasteiger partial charge is 0.328 e. The largest absolute Gasteiger partial charge is 0.481 e. The molecule has 2 heterocycles. The highest BCUT2D eigenvalue weighted by molar-refractivity contribution is 5.83. The number of carboxylic acid groups (broad SMARTS) is 2. The van der Waals surface area contributed by atoms with Crippen LogP contribution in [0.1, 0.15) is 38.1 Å². The van der Waals surface area contributed by atoms with Gasteiger partial charge in [0.25, 0.3) is 11.8 Å². The van der Waals surface area contributed by atoms with Crippen molar-refractivity contribution in [2.45, 2.75) is 44.4 Å². The van der Waals surface area contributed by atoms with Gasteiger partial charge in [-0.3, -0.25) is 4.79 Å². The number of hydrogen-bond acceptors (Lipinski definition) is 9. The Bertz CT molecular complexity index is 724. The number of hydrogen-bond donors (Lipinski definition) is 6. The summed E-state index contributed by atoms with van der Waals surface area (Å²) in [6, 6.07) is -3.46. The Labute approximate surface area is 165 Å². The van der Waals surface area contributed by atoms with Crippen LogP contribution in [0.4, 0.5) is 10.7 Å². The summed E-state index contributed by atoms with van der Waals surface area (Å²) in [5.74, 6) is -2.21. The maximum absolute atomic E-state index is 12.2. The fraction of sp³-hybridized carbons (Fsp3) is 0.688. The first-order chi connectivity index (χ1) is 13.7. The van der Waals surface area contributed by atoms with Crippen molar-refractivity contribution in [3.05, 3.63) is 5.89 Å². The maximum atomic E-state index is 12.2. The minimum Gasteiger partial charge on any atom is -0.481 e. The van der Waals surface area contributed by atoms with Crippen LogP contribution in [0.25, 0.3) is 0 Å². The maximum Gasteiger partial charge on any atom is 0.328 e. The zero-order chi connectivity index (χ0) is 21.6. The zero-order valence-corrected chi connectivity index (χ0v) is 15.8. The number of aromatic nitrogens is 2. The van der Waals surface area contributed by atoms with Crippen molar-refractivity contribution in [3.63, 3.8) is 0 Å². The monoisotopic (exact) mass is 415 g/mol. The fourth-order valence-electron chi connectivity index (χ4n) is 2.92. The number of nitrogens with one attached hydrogen (secondary N) is 2. The second kappa shape index (κ2) is 10.0. The number of carboxylic acids is 2. The SMILES string of the molecule is C[C@H](O)[C@H](NC(=O)N[C@@H](CCC(=O)O)c1nc(N2CC[C@@H](CO)C2)no1)C(=O)O. The molecule has 162 valence electrons. The lowest BCUT2D eigenvalue weighted by Crippen LogP contribution is -2.51. The Morgan fingerprint density at radius 2 is 2.03 bits per heavy atom. The Kier molecular flexibility index (Phi) is 7.73. The number of urea groups is 1. The van der Waals surface area contributed by atoms with Crippen molar-refractivity contribution >= 4 is 23.9 Å². The summed E-state index contributed by atoms with van der Waals surface area (Å²) in [5.41, 5.74) is 0. The molecule has 1 saturated heterocycles. The van der Waals surface area contributed by atoms with Gasteiger partial charge in [-0.2, -0.15) is 4.98 Å². The molecule has 6 N–H and O–H groups in total. The topological polar surface area (TPSA) is 198 Å². The lowest BCUT2D eigenvalue weighted by atomic mass is 10.1. The van der Waals surface area contributed by atoms with Gasteiger partial charge in [-0.1, -0.05) is 0 Å². The Morgan fingerprint density at radius 3 is 2.59 bits per heavy atom. The Balaban J connectivity index is 2.09. The van der Waals surface area contributed by atoms with Gasteiger partial charge in [-0.05, 0) is 24.9 Å². The highest BCUT2D eigenvalue weighted by Crippen LogP contribution is 2.24. The predicted octanol–water partition coefficient (Wildman–Crippen LogP) is -1.07. The fourth-order valence-corrected chi connectivity index (χ4v) is 2.92. The van der Waals surface area contributed by atoms with Crippen LogP contribution < -0.4 is 15.5 Å². The molecule has 13 heteroatoms. The summed E-state index contributed by atoms with van der Waals surface area (Å²) < 4.78 is 5.17. The van der Waals surface area contributed by atoms with Crippen LogP contribution in [-0.4, -0.2) is 80.4 Å². The second-order valence-corrected chi connectivity index (χ2v) is 6.88. The number of rotatable bonds is 10. The number of carbonyl (C=O) groups is 3. The highest BCUT2D eigenvalue weighted by atomic mass is 16.5. The highest BCUT2D eigenvalue weighted by Gasteiger charge is 2.30. The molecule has 0 bridgehead atoms. The number of aliphatic hydroxyl groups is 2. The molecule has 1 fully saturated rings. The quantitative estimate of drug-likeness (QED) is 0.272. The lowest BCUT2D eigenvalue weighted by molar-refractivity contribution is -0.141. The van der Waals surface area contributed by atoms with E-state index >= 15 is 0 Å². The Morgan fingerprint density at radius 1 is 1.31 bits per heavy atom. The number of aliphatic hydroxyl groups excluding tert-OH is 2. The molecule has 0 spiro atoms. The number of aliphatic carboxylic acids is 2. The van der Waals surface area contributed by atoms with E-state index in [0.717, 1.165) is 6.42 Å². The minimum absolute atomic E-state index is 0.0345. The summed E-state index contributed by atoms with van der Waals surface area (Å²) in [4.78, 5) is 40.2. The van der Waals surface area contributed by atoms with Crippen molar-refractivity contribution in [3.8, 4) is 0 Å². The van der Waals surface area contributed by atoms with Gasteiger partial charge in [0.05, 0.1) is 6.10 Å². The summed E-state index contributed by atoms with van der Waals surface area (Å²) in [7, 11) is 0. The molecule has 29 heavy (non-hydrogen) atoms. The molecular weight excluding hydrogens is 390 g/mol. The minimum atomic E-state index is -1.55. The number of nitrogens with zero attached hydrogens (tertiary/aromatic N) is 3. The molecule has 0 unspecified atom stereocenters. The van der Waals surface area contributed by atoms with Crippen LogP contribution in [0.3, 0.4) is 0 Å². The van der Waals surface area contributed by atoms with Gasteiger partial charge in [-0.15, -0.1) is 0 Å². The predicted molar refractivity (Wildman–Crippen MR) is 96.1 cm³/mol. The van der Waals surface area contributed by atoms with Crippen LogP contribution in [0.5, 0.6) is 0 Å². The van der Waals surface area contributed by atoms with Crippen molar-refractivity contribution in [2.24, 2.45) is 5.92 Å². The van der Waals surface area contributed by atoms with Crippen molar-refractivity contribution in [1.82, 2.24) is 20.8 Å². The molecule has 0 aliphatic carbocycles. The molecule has 1 aromatic heterocycles. The molecule has 1 aliphatic heterocycles. The van der Waals surface area contributed by atoms with E-state index in [4.69, 9.17) is 14.7 Å². The van der Waals surface area contributed by atoms with Gasteiger partial charge >= 0.3 is 18.0 Å². The molecule has 0 saturated carbocycles. The molecule has 1 aliphatic rings. The lowest BCUT2D eigenvalue weighted by Gasteiger charge is -2.20. The first-order valence-electron chi connectivity index (χ1n) is 9.10. The van der Waals surface area contributed by atoms with E-state index < -0.39 is 36.2 Å². The number of carbonyl (C=O) groups excluding carboxylic acids is 1. The van der Waals surface area contributed by atoms with E-state index in [1.165, 1.54) is 6.92 Å². The van der Waals surface area contributed by atoms with E-state index in [-0.39, 0.29) is 37.2 Å². The van der Waals surface area contributed by atoms with Crippen LogP contribution in [0.15, 0.2) is 4.52 Å². The molecule has 4 atom stereocenters. The van der Waals surface area contributed by atoms with Gasteiger partial charge in [0.15, 0.2) is 6.04 Å². The van der Waals surface area contributed by atoms with E-state index in [9.17, 15) is 24.6 Å². The summed E-state index contributed by atoms with van der Waals surface area (Å²) in [6.45, 7) is 2.41. The van der Waals surface area contributed by atoms with Crippen molar-refractivity contribution < 1.29 is 39.3 Å². The molecule has 2 amide bonds. The van der Waals surface area contributed by atoms with Gasteiger partial charge in [0.1, 0.15) is 6.04 Å². The summed E-state index contributed by atoms with van der Waals surface area (Å²) in [6.07, 6.45) is -0.965. The van der Waals surface area contributed by atoms with E-state index in [2.05, 4.69) is 20.8 Å². The van der Waals surface area contributed by atoms with Crippen molar-refractivity contribution in [1.29, 1.82) is 0 Å². The van der Waals surface area contributed by atoms with E-state index in [0.29, 0.717) is 13.1 Å². The van der Waals surface area contributed by atoms with Crippen LogP contribution in [0, 0.1) is 5.92 Å².